The van der Waals surface area contributed by atoms with Gasteiger partial charge in [-0.1, -0.05) is 5.16 Å². The van der Waals surface area contributed by atoms with Crippen LogP contribution in [0.1, 0.15) is 42.7 Å². The van der Waals surface area contributed by atoms with E-state index in [-0.39, 0.29) is 0 Å². The lowest BCUT2D eigenvalue weighted by Crippen LogP contribution is -2.06. The maximum atomic E-state index is 9.53. The van der Waals surface area contributed by atoms with Crippen LogP contribution in [0.5, 0.6) is 0 Å². The van der Waals surface area contributed by atoms with Gasteiger partial charge in [0.1, 0.15) is 17.6 Å². The fourth-order valence-corrected chi connectivity index (χ4v) is 1.33. The van der Waals surface area contributed by atoms with E-state index in [0.29, 0.717) is 24.6 Å². The first-order valence-electron chi connectivity index (χ1n) is 4.66. The Morgan fingerprint density at radius 3 is 3.08 bits per heavy atom. The molecule has 1 unspecified atom stereocenters. The number of aliphatic hydroxyl groups is 1. The molecule has 1 aromatic heterocycles. The van der Waals surface area contributed by atoms with Crippen LogP contribution in [0.15, 0.2) is 10.6 Å². The molecule has 1 saturated carbocycles. The fourth-order valence-electron chi connectivity index (χ4n) is 1.33. The van der Waals surface area contributed by atoms with Gasteiger partial charge >= 0.3 is 0 Å². The number of aliphatic hydroxyl groups excluding tert-OH is 1. The Kier molecular flexibility index (Phi) is 2.33. The second kappa shape index (κ2) is 3.47. The Morgan fingerprint density at radius 1 is 1.69 bits per heavy atom. The van der Waals surface area contributed by atoms with Crippen LogP contribution >= 0.6 is 0 Å². The van der Waals surface area contributed by atoms with Gasteiger partial charge in [-0.15, -0.1) is 0 Å². The molecule has 72 valence electrons. The normalized spacial score (nSPS) is 18.9. The lowest BCUT2D eigenvalue weighted by atomic mass is 10.1. The van der Waals surface area contributed by atoms with E-state index in [1.54, 1.807) is 0 Å². The summed E-state index contributed by atoms with van der Waals surface area (Å²) in [4.78, 5) is 0. The third-order valence-corrected chi connectivity index (χ3v) is 2.31. The molecule has 1 heterocycles. The zero-order valence-corrected chi connectivity index (χ0v) is 7.44. The van der Waals surface area contributed by atoms with Crippen molar-refractivity contribution in [2.24, 2.45) is 5.73 Å². The molecule has 0 saturated heterocycles. The van der Waals surface area contributed by atoms with Gasteiger partial charge in [0.05, 0.1) is 0 Å². The molecule has 4 heteroatoms. The van der Waals surface area contributed by atoms with Crippen LogP contribution < -0.4 is 5.73 Å². The maximum absolute atomic E-state index is 9.53. The Morgan fingerprint density at radius 2 is 2.46 bits per heavy atom. The number of hydrogen-bond donors (Lipinski definition) is 2. The van der Waals surface area contributed by atoms with Crippen molar-refractivity contribution in [1.82, 2.24) is 5.16 Å². The van der Waals surface area contributed by atoms with E-state index in [1.807, 2.05) is 6.07 Å². The number of hydrogen-bond acceptors (Lipinski definition) is 4. The van der Waals surface area contributed by atoms with Crippen LogP contribution in [-0.2, 0) is 0 Å². The van der Waals surface area contributed by atoms with E-state index in [0.717, 1.165) is 5.76 Å². The molecule has 1 aromatic rings. The molecule has 0 bridgehead atoms. The number of rotatable bonds is 4. The highest BCUT2D eigenvalue weighted by Gasteiger charge is 2.28. The molecule has 0 spiro atoms. The molecule has 0 amide bonds. The lowest BCUT2D eigenvalue weighted by Gasteiger charge is -2.02. The molecule has 1 atom stereocenters. The van der Waals surface area contributed by atoms with Crippen molar-refractivity contribution in [2.45, 2.75) is 31.3 Å². The summed E-state index contributed by atoms with van der Waals surface area (Å²) in [7, 11) is 0. The van der Waals surface area contributed by atoms with Gasteiger partial charge in [-0.2, -0.15) is 0 Å². The smallest absolute Gasteiger partial charge is 0.140 e. The van der Waals surface area contributed by atoms with Crippen molar-refractivity contribution >= 4 is 0 Å². The largest absolute Gasteiger partial charge is 0.387 e. The predicted octanol–water partition coefficient (Wildman–Crippen LogP) is 0.934. The van der Waals surface area contributed by atoms with Crippen molar-refractivity contribution in [1.29, 1.82) is 0 Å². The summed E-state index contributed by atoms with van der Waals surface area (Å²) in [5.74, 6) is 1.46. The van der Waals surface area contributed by atoms with Gasteiger partial charge in [-0.25, -0.2) is 0 Å². The number of nitrogens with zero attached hydrogens (tertiary/aromatic N) is 1. The molecule has 1 aliphatic carbocycles. The lowest BCUT2D eigenvalue weighted by molar-refractivity contribution is 0.160. The molecule has 2 rings (SSSR count). The minimum absolute atomic E-state index is 0.465. The molecule has 4 nitrogen and oxygen atoms in total. The van der Waals surface area contributed by atoms with Crippen molar-refractivity contribution in [3.8, 4) is 0 Å². The van der Waals surface area contributed by atoms with Crippen LogP contribution in [0, 0.1) is 0 Å². The summed E-state index contributed by atoms with van der Waals surface area (Å²) in [5.41, 5.74) is 5.95. The summed E-state index contributed by atoms with van der Waals surface area (Å²) < 4.78 is 5.11. The van der Waals surface area contributed by atoms with Crippen molar-refractivity contribution in [3.05, 3.63) is 17.5 Å². The zero-order valence-electron chi connectivity index (χ0n) is 7.44. The summed E-state index contributed by atoms with van der Waals surface area (Å²) in [6, 6.07) is 1.85. The van der Waals surface area contributed by atoms with Crippen LogP contribution in [0.25, 0.3) is 0 Å². The molecule has 0 aliphatic heterocycles. The second-order valence-corrected chi connectivity index (χ2v) is 3.52. The van der Waals surface area contributed by atoms with Crippen molar-refractivity contribution in [3.63, 3.8) is 0 Å². The highest BCUT2D eigenvalue weighted by atomic mass is 16.5. The minimum atomic E-state index is -0.568. The highest BCUT2D eigenvalue weighted by Crippen LogP contribution is 2.40. The van der Waals surface area contributed by atoms with Crippen molar-refractivity contribution < 1.29 is 9.63 Å². The Bertz CT molecular complexity index is 281. The van der Waals surface area contributed by atoms with E-state index in [9.17, 15) is 5.11 Å². The first-order valence-corrected chi connectivity index (χ1v) is 4.66. The summed E-state index contributed by atoms with van der Waals surface area (Å²) in [6.45, 7) is 0.465. The van der Waals surface area contributed by atoms with Crippen LogP contribution in [0.3, 0.4) is 0 Å². The molecule has 0 aromatic carbocycles. The summed E-state index contributed by atoms with van der Waals surface area (Å²) in [6.07, 6.45) is 2.33. The van der Waals surface area contributed by atoms with Gasteiger partial charge in [0, 0.05) is 12.0 Å². The van der Waals surface area contributed by atoms with E-state index >= 15 is 0 Å². The van der Waals surface area contributed by atoms with Gasteiger partial charge in [-0.05, 0) is 25.8 Å². The number of nitrogens with two attached hydrogens (primary N) is 1. The van der Waals surface area contributed by atoms with Gasteiger partial charge in [0.25, 0.3) is 0 Å². The van der Waals surface area contributed by atoms with Crippen LogP contribution in [0.4, 0.5) is 0 Å². The van der Waals surface area contributed by atoms with Gasteiger partial charge in [0.15, 0.2) is 0 Å². The van der Waals surface area contributed by atoms with Crippen LogP contribution in [-0.4, -0.2) is 16.8 Å². The van der Waals surface area contributed by atoms with E-state index < -0.39 is 6.10 Å². The Hall–Kier alpha value is -0.870. The third-order valence-electron chi connectivity index (χ3n) is 2.31. The Balaban J connectivity index is 2.03. The molecule has 1 fully saturated rings. The first kappa shape index (κ1) is 8.72. The third kappa shape index (κ3) is 1.89. The van der Waals surface area contributed by atoms with Gasteiger partial charge in [-0.3, -0.25) is 0 Å². The minimum Gasteiger partial charge on any atom is -0.387 e. The molecule has 3 N–H and O–H groups in total. The molecular weight excluding hydrogens is 168 g/mol. The highest BCUT2D eigenvalue weighted by molar-refractivity contribution is 5.15. The van der Waals surface area contributed by atoms with Crippen molar-refractivity contribution in [2.75, 3.05) is 6.54 Å². The average molecular weight is 182 g/mol. The molecule has 1 aliphatic rings. The van der Waals surface area contributed by atoms with E-state index in [2.05, 4.69) is 5.16 Å². The van der Waals surface area contributed by atoms with Gasteiger partial charge < -0.3 is 15.4 Å². The van der Waals surface area contributed by atoms with E-state index in [4.69, 9.17) is 10.3 Å². The Labute approximate surface area is 76.7 Å². The number of aromatic nitrogens is 1. The average Bonchev–Trinajstić information content (AvgIpc) is 2.84. The maximum Gasteiger partial charge on any atom is 0.140 e. The molecule has 13 heavy (non-hydrogen) atoms. The SMILES string of the molecule is NCCC(O)c1cc(C2CC2)on1. The zero-order chi connectivity index (χ0) is 9.26. The fraction of sp³-hybridized carbons (Fsp3) is 0.667. The quantitative estimate of drug-likeness (QED) is 0.726. The first-order chi connectivity index (χ1) is 6.31. The topological polar surface area (TPSA) is 72.3 Å². The van der Waals surface area contributed by atoms with Crippen LogP contribution in [0.2, 0.25) is 0 Å². The summed E-state index contributed by atoms with van der Waals surface area (Å²) in [5, 5.41) is 13.3. The summed E-state index contributed by atoms with van der Waals surface area (Å²) >= 11 is 0. The monoisotopic (exact) mass is 182 g/mol. The molecule has 0 radical (unpaired) electrons. The second-order valence-electron chi connectivity index (χ2n) is 3.52. The standard InChI is InChI=1S/C9H14N2O2/c10-4-3-8(12)7-5-9(13-11-7)6-1-2-6/h5-6,8,12H,1-4,10H2. The van der Waals surface area contributed by atoms with Gasteiger partial charge in [0.2, 0.25) is 0 Å². The predicted molar refractivity (Wildman–Crippen MR) is 47.1 cm³/mol. The molecular formula is C9H14N2O2. The van der Waals surface area contributed by atoms with E-state index in [1.165, 1.54) is 12.8 Å².